The molecule has 1 heterocycles. The van der Waals surface area contributed by atoms with Crippen molar-refractivity contribution < 1.29 is 19.2 Å². The van der Waals surface area contributed by atoms with Gasteiger partial charge in [-0.3, -0.25) is 19.7 Å². The molecule has 2 N–H and O–H groups in total. The van der Waals surface area contributed by atoms with Gasteiger partial charge in [-0.05, 0) is 42.5 Å². The van der Waals surface area contributed by atoms with Gasteiger partial charge in [0, 0.05) is 30.2 Å². The molecule has 0 radical (unpaired) electrons. The first kappa shape index (κ1) is 19.5. The van der Waals surface area contributed by atoms with Crippen LogP contribution in [0.15, 0.2) is 67.0 Å². The Labute approximate surface area is 165 Å². The van der Waals surface area contributed by atoms with Crippen LogP contribution in [0.1, 0.15) is 0 Å². The number of anilines is 1. The first-order valence-corrected chi connectivity index (χ1v) is 8.55. The summed E-state index contributed by atoms with van der Waals surface area (Å²) in [7, 11) is 0. The van der Waals surface area contributed by atoms with Gasteiger partial charge in [0.15, 0.2) is 6.61 Å². The Balaban J connectivity index is 1.40. The van der Waals surface area contributed by atoms with Crippen LogP contribution in [0.4, 0.5) is 11.4 Å². The zero-order valence-electron chi connectivity index (χ0n) is 15.1. The van der Waals surface area contributed by atoms with Gasteiger partial charge in [-0.25, -0.2) is 4.68 Å². The van der Waals surface area contributed by atoms with E-state index in [2.05, 4.69) is 15.7 Å². The van der Waals surface area contributed by atoms with Crippen molar-refractivity contribution in [1.82, 2.24) is 15.1 Å². The monoisotopic (exact) mass is 395 g/mol. The van der Waals surface area contributed by atoms with Gasteiger partial charge in [-0.2, -0.15) is 5.10 Å². The van der Waals surface area contributed by atoms with Gasteiger partial charge in [-0.1, -0.05) is 0 Å². The average molecular weight is 395 g/mol. The predicted octanol–water partition coefficient (Wildman–Crippen LogP) is 1.91. The Hall–Kier alpha value is -4.21. The molecule has 10 heteroatoms. The van der Waals surface area contributed by atoms with E-state index in [4.69, 9.17) is 4.74 Å². The minimum absolute atomic E-state index is 0.0730. The molecular weight excluding hydrogens is 378 g/mol. The molecule has 0 aliphatic carbocycles. The molecule has 3 aromatic rings. The third kappa shape index (κ3) is 5.63. The fourth-order valence-corrected chi connectivity index (χ4v) is 2.37. The maximum atomic E-state index is 12.0. The normalized spacial score (nSPS) is 10.2. The smallest absolute Gasteiger partial charge is 0.269 e. The van der Waals surface area contributed by atoms with Crippen molar-refractivity contribution in [2.24, 2.45) is 0 Å². The molecule has 0 atom stereocenters. The van der Waals surface area contributed by atoms with Gasteiger partial charge in [-0.15, -0.1) is 0 Å². The number of non-ortho nitro benzene ring substituents is 1. The SMILES string of the molecule is O=C(COc1ccc([N+](=O)[O-])cc1)NCC(=O)Nc1ccc(-n2cccn2)cc1. The Bertz CT molecular complexity index is 985. The maximum absolute atomic E-state index is 12.0. The van der Waals surface area contributed by atoms with E-state index in [0.29, 0.717) is 11.4 Å². The van der Waals surface area contributed by atoms with Crippen LogP contribution in [0, 0.1) is 10.1 Å². The lowest BCUT2D eigenvalue weighted by molar-refractivity contribution is -0.384. The topological polar surface area (TPSA) is 128 Å². The second-order valence-corrected chi connectivity index (χ2v) is 5.86. The van der Waals surface area contributed by atoms with Crippen LogP contribution in [0.3, 0.4) is 0 Å². The highest BCUT2D eigenvalue weighted by atomic mass is 16.6. The van der Waals surface area contributed by atoms with E-state index in [0.717, 1.165) is 5.69 Å². The minimum atomic E-state index is -0.528. The van der Waals surface area contributed by atoms with E-state index in [1.165, 1.54) is 24.3 Å². The van der Waals surface area contributed by atoms with Crippen LogP contribution in [-0.4, -0.2) is 39.7 Å². The number of hydrogen-bond acceptors (Lipinski definition) is 6. The van der Waals surface area contributed by atoms with Crippen LogP contribution in [0.25, 0.3) is 5.69 Å². The van der Waals surface area contributed by atoms with E-state index in [1.807, 2.05) is 12.3 Å². The van der Waals surface area contributed by atoms with E-state index in [1.54, 1.807) is 35.1 Å². The lowest BCUT2D eigenvalue weighted by Gasteiger charge is -2.09. The number of hydrogen-bond donors (Lipinski definition) is 2. The number of aromatic nitrogens is 2. The van der Waals surface area contributed by atoms with Crippen molar-refractivity contribution in [3.8, 4) is 11.4 Å². The number of nitrogens with one attached hydrogen (secondary N) is 2. The number of rotatable bonds is 8. The molecule has 0 saturated carbocycles. The number of nitro groups is 1. The van der Waals surface area contributed by atoms with Gasteiger partial charge < -0.3 is 15.4 Å². The fraction of sp³-hybridized carbons (Fsp3) is 0.105. The van der Waals surface area contributed by atoms with E-state index < -0.39 is 10.8 Å². The first-order chi connectivity index (χ1) is 14.0. The van der Waals surface area contributed by atoms with Crippen molar-refractivity contribution in [2.75, 3.05) is 18.5 Å². The maximum Gasteiger partial charge on any atom is 0.269 e. The molecular formula is C19H17N5O5. The van der Waals surface area contributed by atoms with Crippen molar-refractivity contribution in [2.45, 2.75) is 0 Å². The third-order valence-corrected chi connectivity index (χ3v) is 3.78. The van der Waals surface area contributed by atoms with E-state index in [-0.39, 0.29) is 24.7 Å². The Morgan fingerprint density at radius 1 is 1.07 bits per heavy atom. The zero-order chi connectivity index (χ0) is 20.6. The summed E-state index contributed by atoms with van der Waals surface area (Å²) in [4.78, 5) is 33.8. The van der Waals surface area contributed by atoms with Gasteiger partial charge >= 0.3 is 0 Å². The minimum Gasteiger partial charge on any atom is -0.484 e. The molecule has 29 heavy (non-hydrogen) atoms. The number of benzene rings is 2. The highest BCUT2D eigenvalue weighted by molar-refractivity contribution is 5.94. The van der Waals surface area contributed by atoms with Crippen LogP contribution in [-0.2, 0) is 9.59 Å². The zero-order valence-corrected chi connectivity index (χ0v) is 15.1. The number of carbonyl (C=O) groups excluding carboxylic acids is 2. The number of nitrogens with zero attached hydrogens (tertiary/aromatic N) is 3. The van der Waals surface area contributed by atoms with E-state index >= 15 is 0 Å². The lowest BCUT2D eigenvalue weighted by atomic mass is 10.3. The van der Waals surface area contributed by atoms with Gasteiger partial charge in [0.05, 0.1) is 17.2 Å². The predicted molar refractivity (Wildman–Crippen MR) is 104 cm³/mol. The van der Waals surface area contributed by atoms with Gasteiger partial charge in [0.25, 0.3) is 11.6 Å². The van der Waals surface area contributed by atoms with Crippen LogP contribution < -0.4 is 15.4 Å². The molecule has 0 saturated heterocycles. The number of amides is 2. The van der Waals surface area contributed by atoms with Crippen molar-refractivity contribution in [3.63, 3.8) is 0 Å². The molecule has 2 aromatic carbocycles. The summed E-state index contributed by atoms with van der Waals surface area (Å²) in [5.74, 6) is -0.569. The third-order valence-electron chi connectivity index (χ3n) is 3.78. The molecule has 2 amide bonds. The van der Waals surface area contributed by atoms with Gasteiger partial charge in [0.2, 0.25) is 5.91 Å². The van der Waals surface area contributed by atoms with Crippen molar-refractivity contribution in [3.05, 3.63) is 77.1 Å². The second kappa shape index (κ2) is 9.13. The Morgan fingerprint density at radius 2 is 1.79 bits per heavy atom. The van der Waals surface area contributed by atoms with E-state index in [9.17, 15) is 19.7 Å². The molecule has 3 rings (SSSR count). The summed E-state index contributed by atoms with van der Waals surface area (Å²) in [5.41, 5.74) is 1.36. The Morgan fingerprint density at radius 3 is 2.41 bits per heavy atom. The summed E-state index contributed by atoms with van der Waals surface area (Å²) >= 11 is 0. The standard InChI is InChI=1S/C19H17N5O5/c25-18(22-14-2-4-15(5-3-14)23-11-1-10-21-23)12-20-19(26)13-29-17-8-6-16(7-9-17)24(27)28/h1-11H,12-13H2,(H,20,26)(H,22,25). The lowest BCUT2D eigenvalue weighted by Crippen LogP contribution is -2.35. The number of nitro benzene ring substituents is 1. The molecule has 0 spiro atoms. The molecule has 0 unspecified atom stereocenters. The number of carbonyl (C=O) groups is 2. The molecule has 0 bridgehead atoms. The van der Waals surface area contributed by atoms with Gasteiger partial charge in [0.1, 0.15) is 5.75 Å². The first-order valence-electron chi connectivity index (χ1n) is 8.55. The molecule has 1 aromatic heterocycles. The van der Waals surface area contributed by atoms with Crippen molar-refractivity contribution >= 4 is 23.2 Å². The molecule has 0 aliphatic heterocycles. The number of ether oxygens (including phenoxy) is 1. The summed E-state index contributed by atoms with van der Waals surface area (Å²) in [5, 5.41) is 19.8. The highest BCUT2D eigenvalue weighted by Crippen LogP contribution is 2.17. The average Bonchev–Trinajstić information content (AvgIpc) is 3.26. The highest BCUT2D eigenvalue weighted by Gasteiger charge is 2.09. The molecule has 10 nitrogen and oxygen atoms in total. The summed E-state index contributed by atoms with van der Waals surface area (Å²) in [6.45, 7) is -0.535. The fourth-order valence-electron chi connectivity index (χ4n) is 2.37. The quantitative estimate of drug-likeness (QED) is 0.443. The summed E-state index contributed by atoms with van der Waals surface area (Å²) < 4.78 is 6.92. The Kier molecular flexibility index (Phi) is 6.15. The summed E-state index contributed by atoms with van der Waals surface area (Å²) in [6, 6.07) is 14.2. The largest absolute Gasteiger partial charge is 0.484 e. The second-order valence-electron chi connectivity index (χ2n) is 5.86. The van der Waals surface area contributed by atoms with Crippen LogP contribution in [0.5, 0.6) is 5.75 Å². The van der Waals surface area contributed by atoms with Crippen LogP contribution in [0.2, 0.25) is 0 Å². The molecule has 0 aliphatic rings. The molecule has 148 valence electrons. The summed E-state index contributed by atoms with van der Waals surface area (Å²) in [6.07, 6.45) is 3.48. The van der Waals surface area contributed by atoms with Crippen molar-refractivity contribution in [1.29, 1.82) is 0 Å². The van der Waals surface area contributed by atoms with Crippen LogP contribution >= 0.6 is 0 Å². The molecule has 0 fully saturated rings.